The molecule has 6 heteroatoms. The van der Waals surface area contributed by atoms with E-state index in [0.717, 1.165) is 77.5 Å². The Hall–Kier alpha value is -1.66. The molecule has 1 heterocycles. The zero-order valence-corrected chi connectivity index (χ0v) is 19.6. The Morgan fingerprint density at radius 2 is 1.09 bits per heavy atom. The molecule has 176 valence electrons. The predicted octanol–water partition coefficient (Wildman–Crippen LogP) is 3.50. The summed E-state index contributed by atoms with van der Waals surface area (Å²) in [7, 11) is 0. The third kappa shape index (κ3) is 5.45. The molecule has 2 amide bonds. The number of rotatable bonds is 8. The van der Waals surface area contributed by atoms with Crippen molar-refractivity contribution in [1.82, 2.24) is 19.6 Å². The van der Waals surface area contributed by atoms with Crippen LogP contribution in [0.1, 0.15) is 77.0 Å². The van der Waals surface area contributed by atoms with Crippen LogP contribution in [0.25, 0.3) is 0 Å². The van der Waals surface area contributed by atoms with Gasteiger partial charge in [-0.2, -0.15) is 0 Å². The summed E-state index contributed by atoms with van der Waals surface area (Å²) >= 11 is 0. The van der Waals surface area contributed by atoms with Gasteiger partial charge >= 0.3 is 0 Å². The molecule has 0 spiro atoms. The van der Waals surface area contributed by atoms with Gasteiger partial charge in [-0.25, -0.2) is 0 Å². The molecule has 0 aromatic rings. The van der Waals surface area contributed by atoms with Crippen molar-refractivity contribution in [3.05, 3.63) is 23.5 Å². The molecule has 0 bridgehead atoms. The fourth-order valence-electron chi connectivity index (χ4n) is 5.58. The highest BCUT2D eigenvalue weighted by molar-refractivity contribution is 5.81. The topological polar surface area (TPSA) is 47.1 Å². The summed E-state index contributed by atoms with van der Waals surface area (Å²) in [6.45, 7) is 4.56. The summed E-state index contributed by atoms with van der Waals surface area (Å²) in [5.41, 5.74) is 2.57. The number of carbonyl (C=O) groups is 2. The molecule has 1 aliphatic heterocycles. The lowest BCUT2D eigenvalue weighted by Crippen LogP contribution is -2.52. The van der Waals surface area contributed by atoms with Gasteiger partial charge in [0.2, 0.25) is 11.8 Å². The molecule has 0 aromatic heterocycles. The van der Waals surface area contributed by atoms with Crippen LogP contribution in [0, 0.1) is 0 Å². The Morgan fingerprint density at radius 3 is 1.41 bits per heavy atom. The van der Waals surface area contributed by atoms with Gasteiger partial charge < -0.3 is 9.80 Å². The van der Waals surface area contributed by atoms with E-state index in [-0.39, 0.29) is 11.8 Å². The van der Waals surface area contributed by atoms with Crippen molar-refractivity contribution in [2.24, 2.45) is 0 Å². The van der Waals surface area contributed by atoms with Crippen LogP contribution < -0.4 is 0 Å². The van der Waals surface area contributed by atoms with Crippen molar-refractivity contribution in [1.29, 1.82) is 0 Å². The number of hydrogen-bond donors (Lipinski definition) is 0. The first kappa shape index (κ1) is 22.1. The molecule has 0 radical (unpaired) electrons. The quantitative estimate of drug-likeness (QED) is 0.580. The summed E-state index contributed by atoms with van der Waals surface area (Å²) in [6, 6.07) is 0.904. The number of nitrogens with zero attached hydrogens (tertiary/aromatic N) is 4. The van der Waals surface area contributed by atoms with E-state index in [9.17, 15) is 9.59 Å². The number of amides is 2. The Bertz CT molecular complexity index is 696. The van der Waals surface area contributed by atoms with Gasteiger partial charge in [0.05, 0.1) is 13.1 Å². The molecule has 32 heavy (non-hydrogen) atoms. The van der Waals surface area contributed by atoms with Crippen molar-refractivity contribution in [3.63, 3.8) is 0 Å². The lowest BCUT2D eigenvalue weighted by atomic mass is 10.0. The zero-order chi connectivity index (χ0) is 21.9. The summed E-state index contributed by atoms with van der Waals surface area (Å²) in [4.78, 5) is 35.2. The van der Waals surface area contributed by atoms with Gasteiger partial charge in [-0.15, -0.1) is 0 Å². The third-order valence-electron chi connectivity index (χ3n) is 7.70. The van der Waals surface area contributed by atoms with E-state index in [4.69, 9.17) is 0 Å². The maximum Gasteiger partial charge on any atom is 0.241 e. The second-order valence-corrected chi connectivity index (χ2v) is 10.4. The molecule has 0 atom stereocenters. The predicted molar refractivity (Wildman–Crippen MR) is 126 cm³/mol. The van der Waals surface area contributed by atoms with Crippen LogP contribution >= 0.6 is 0 Å². The van der Waals surface area contributed by atoms with E-state index in [1.54, 1.807) is 0 Å². The Balaban J connectivity index is 1.11. The van der Waals surface area contributed by atoms with Gasteiger partial charge in [-0.3, -0.25) is 19.4 Å². The molecule has 5 aliphatic rings. The summed E-state index contributed by atoms with van der Waals surface area (Å²) in [5.74, 6) is 0.573. The highest BCUT2D eigenvalue weighted by Crippen LogP contribution is 2.35. The van der Waals surface area contributed by atoms with Crippen LogP contribution in [0.2, 0.25) is 0 Å². The minimum atomic E-state index is 0.286. The molecule has 0 N–H and O–H groups in total. The van der Waals surface area contributed by atoms with Crippen molar-refractivity contribution in [3.8, 4) is 0 Å². The lowest BCUT2D eigenvalue weighted by Gasteiger charge is -2.37. The second-order valence-electron chi connectivity index (χ2n) is 10.4. The van der Waals surface area contributed by atoms with E-state index < -0.39 is 0 Å². The first-order chi connectivity index (χ1) is 15.7. The van der Waals surface area contributed by atoms with Gasteiger partial charge in [0.15, 0.2) is 0 Å². The van der Waals surface area contributed by atoms with Gasteiger partial charge in [0, 0.05) is 49.7 Å². The first-order valence-electron chi connectivity index (χ1n) is 13.2. The Morgan fingerprint density at radius 1 is 0.688 bits per heavy atom. The number of hydrogen-bond acceptors (Lipinski definition) is 4. The Kier molecular flexibility index (Phi) is 6.98. The first-order valence-corrected chi connectivity index (χ1v) is 13.2. The fourth-order valence-corrected chi connectivity index (χ4v) is 5.58. The number of piperazine rings is 1. The second kappa shape index (κ2) is 10.1. The largest absolute Gasteiger partial charge is 0.312 e. The molecule has 5 rings (SSSR count). The fraction of sp³-hybridized carbons (Fsp3) is 0.769. The zero-order valence-electron chi connectivity index (χ0n) is 19.6. The average molecular weight is 441 g/mol. The number of carbonyl (C=O) groups excluding carboxylic acids is 2. The molecule has 4 aliphatic carbocycles. The van der Waals surface area contributed by atoms with Crippen LogP contribution in [-0.2, 0) is 9.59 Å². The summed E-state index contributed by atoms with van der Waals surface area (Å²) in [6.07, 6.45) is 18.5. The minimum absolute atomic E-state index is 0.286. The van der Waals surface area contributed by atoms with E-state index >= 15 is 0 Å². The maximum atomic E-state index is 13.2. The van der Waals surface area contributed by atoms with Gasteiger partial charge in [-0.1, -0.05) is 12.2 Å². The van der Waals surface area contributed by atoms with Crippen molar-refractivity contribution >= 4 is 11.8 Å². The monoisotopic (exact) mass is 440 g/mol. The van der Waals surface area contributed by atoms with E-state index in [1.165, 1.54) is 37.1 Å². The van der Waals surface area contributed by atoms with Crippen LogP contribution in [0.15, 0.2) is 23.5 Å². The van der Waals surface area contributed by atoms with Crippen LogP contribution in [-0.4, -0.2) is 82.8 Å². The van der Waals surface area contributed by atoms with E-state index in [1.807, 2.05) is 0 Å². The SMILES string of the molecule is O=C(CN1CCN(CC(=O)N(C2=CCCCC2)C2CC2)CC1)N(C1=CCCCC1)C1CC1. The third-order valence-corrected chi connectivity index (χ3v) is 7.70. The van der Waals surface area contributed by atoms with Gasteiger partial charge in [0.1, 0.15) is 0 Å². The van der Waals surface area contributed by atoms with Gasteiger partial charge in [-0.05, 0) is 77.0 Å². The van der Waals surface area contributed by atoms with Crippen molar-refractivity contribution in [2.45, 2.75) is 89.1 Å². The highest BCUT2D eigenvalue weighted by atomic mass is 16.2. The summed E-state index contributed by atoms with van der Waals surface area (Å²) in [5, 5.41) is 0. The molecular formula is C26H40N4O2. The van der Waals surface area contributed by atoms with E-state index in [2.05, 4.69) is 31.8 Å². The normalized spacial score (nSPS) is 25.1. The van der Waals surface area contributed by atoms with Crippen LogP contribution in [0.5, 0.6) is 0 Å². The van der Waals surface area contributed by atoms with Crippen LogP contribution in [0.3, 0.4) is 0 Å². The lowest BCUT2D eigenvalue weighted by molar-refractivity contribution is -0.134. The Labute approximate surface area is 193 Å². The smallest absolute Gasteiger partial charge is 0.241 e. The molecule has 0 aromatic carbocycles. The molecule has 2 saturated carbocycles. The maximum absolute atomic E-state index is 13.2. The van der Waals surface area contributed by atoms with Gasteiger partial charge in [0.25, 0.3) is 0 Å². The molecule has 0 unspecified atom stereocenters. The van der Waals surface area contributed by atoms with E-state index in [0.29, 0.717) is 25.2 Å². The molecule has 3 fully saturated rings. The highest BCUT2D eigenvalue weighted by Gasteiger charge is 2.37. The minimum Gasteiger partial charge on any atom is -0.312 e. The van der Waals surface area contributed by atoms with Crippen molar-refractivity contribution < 1.29 is 9.59 Å². The summed E-state index contributed by atoms with van der Waals surface area (Å²) < 4.78 is 0. The molecular weight excluding hydrogens is 400 g/mol. The standard InChI is InChI=1S/C26H40N4O2/c31-25(29(23-11-12-23)21-7-3-1-4-8-21)19-27-15-17-28(18-16-27)20-26(32)30(24-13-14-24)22-9-5-2-6-10-22/h7,9,23-24H,1-6,8,10-20H2. The average Bonchev–Trinajstić information content (AvgIpc) is 3.73. The van der Waals surface area contributed by atoms with Crippen LogP contribution in [0.4, 0.5) is 0 Å². The molecule has 6 nitrogen and oxygen atoms in total. The van der Waals surface area contributed by atoms with Crippen molar-refractivity contribution in [2.75, 3.05) is 39.3 Å². The molecule has 1 saturated heterocycles. The number of allylic oxidation sites excluding steroid dienone is 4.